The number of aromatic hydroxyl groups is 1. The maximum absolute atomic E-state index is 16.0. The topological polar surface area (TPSA) is 154 Å². The van der Waals surface area contributed by atoms with Gasteiger partial charge in [-0.2, -0.15) is 0 Å². The van der Waals surface area contributed by atoms with Crippen molar-refractivity contribution in [3.63, 3.8) is 0 Å². The van der Waals surface area contributed by atoms with E-state index in [1.54, 1.807) is 19.0 Å². The number of aliphatic hydroxyl groups is 2. The average Bonchev–Trinajstić information content (AvgIpc) is 2.85. The molecule has 5 rings (SSSR count). The quantitative estimate of drug-likeness (QED) is 0.301. The van der Waals surface area contributed by atoms with E-state index in [4.69, 9.17) is 10.5 Å². The maximum Gasteiger partial charge on any atom is 0.255 e. The van der Waals surface area contributed by atoms with Gasteiger partial charge in [0.15, 0.2) is 11.6 Å². The van der Waals surface area contributed by atoms with Gasteiger partial charge in [-0.05, 0) is 54.7 Å². The molecule has 12 heteroatoms. The molecule has 1 aliphatic heterocycles. The van der Waals surface area contributed by atoms with Gasteiger partial charge in [0.25, 0.3) is 5.91 Å². The van der Waals surface area contributed by atoms with Crippen molar-refractivity contribution in [3.05, 3.63) is 43.9 Å². The number of nitrogens with zero attached hydrogens (tertiary/aromatic N) is 2. The summed E-state index contributed by atoms with van der Waals surface area (Å²) in [4.78, 5) is 42.6. The summed E-state index contributed by atoms with van der Waals surface area (Å²) >= 11 is 3.28. The molecular weight excluding hydrogens is 565 g/mol. The van der Waals surface area contributed by atoms with Crippen LogP contribution in [0.2, 0.25) is 0 Å². The highest BCUT2D eigenvalue weighted by Gasteiger charge is 2.56. The summed E-state index contributed by atoms with van der Waals surface area (Å²) < 4.78 is 21.4. The van der Waals surface area contributed by atoms with E-state index in [-0.39, 0.29) is 51.9 Å². The van der Waals surface area contributed by atoms with E-state index in [9.17, 15) is 29.7 Å². The van der Waals surface area contributed by atoms with Gasteiger partial charge < -0.3 is 25.8 Å². The van der Waals surface area contributed by atoms with Crippen LogP contribution in [0.1, 0.15) is 23.1 Å². The van der Waals surface area contributed by atoms with E-state index < -0.39 is 64.2 Å². The van der Waals surface area contributed by atoms with E-state index in [0.29, 0.717) is 26.3 Å². The fourth-order valence-corrected chi connectivity index (χ4v) is 7.00. The fraction of sp³-hybridized carbons (Fsp3) is 0.500. The van der Waals surface area contributed by atoms with Crippen molar-refractivity contribution in [2.24, 2.45) is 23.5 Å². The Kier molecular flexibility index (Phi) is 6.87. The molecule has 4 aliphatic rings. The number of morpholine rings is 1. The highest BCUT2D eigenvalue weighted by Crippen LogP contribution is 2.52. The second-order valence-corrected chi connectivity index (χ2v) is 11.3. The average molecular weight is 594 g/mol. The van der Waals surface area contributed by atoms with Crippen LogP contribution in [-0.4, -0.2) is 89.0 Å². The van der Waals surface area contributed by atoms with Crippen LogP contribution in [0.15, 0.2) is 21.4 Å². The first kappa shape index (κ1) is 26.8. The largest absolute Gasteiger partial charge is 0.510 e. The van der Waals surface area contributed by atoms with Gasteiger partial charge in [-0.1, -0.05) is 0 Å². The number of carbonyl (C=O) groups excluding carboxylic acids is 3. The van der Waals surface area contributed by atoms with Crippen LogP contribution in [-0.2, 0) is 32.1 Å². The van der Waals surface area contributed by atoms with Crippen LogP contribution >= 0.6 is 15.9 Å². The van der Waals surface area contributed by atoms with Crippen molar-refractivity contribution in [1.29, 1.82) is 0 Å². The van der Waals surface area contributed by atoms with Crippen molar-refractivity contribution in [1.82, 2.24) is 9.80 Å². The monoisotopic (exact) mass is 593 g/mol. The molecule has 1 amide bonds. The SMILES string of the molecule is CN(C)[C@@H]1C(O)=C(C(N)=O)C(=O)C2C(=O)C3=C(O)c4c(O)c(Br)c(CN5CCOCC5)c(F)c4C[C@H]3CC21. The number of carbonyl (C=O) groups is 3. The molecule has 0 aromatic heterocycles. The molecule has 204 valence electrons. The summed E-state index contributed by atoms with van der Waals surface area (Å²) in [6.45, 7) is 2.45. The van der Waals surface area contributed by atoms with E-state index in [1.807, 2.05) is 4.90 Å². The molecule has 4 atom stereocenters. The lowest BCUT2D eigenvalue weighted by Crippen LogP contribution is -2.55. The number of nitrogens with two attached hydrogens (primary N) is 1. The molecule has 1 saturated heterocycles. The van der Waals surface area contributed by atoms with Gasteiger partial charge in [0, 0.05) is 36.3 Å². The first-order chi connectivity index (χ1) is 18.0. The summed E-state index contributed by atoms with van der Waals surface area (Å²) in [5, 5.41) is 33.1. The number of Topliss-reactive ketones (excluding diaryl/α,β-unsaturated/α-hetero) is 2. The van der Waals surface area contributed by atoms with Gasteiger partial charge in [0.2, 0.25) is 0 Å². The summed E-state index contributed by atoms with van der Waals surface area (Å²) in [7, 11) is 3.28. The molecule has 5 N–H and O–H groups in total. The number of phenols is 1. The number of allylic oxidation sites excluding steroid dienone is 1. The molecule has 2 fully saturated rings. The zero-order valence-electron chi connectivity index (χ0n) is 21.0. The molecule has 1 aromatic rings. The van der Waals surface area contributed by atoms with Gasteiger partial charge in [0.05, 0.1) is 35.2 Å². The van der Waals surface area contributed by atoms with Crippen molar-refractivity contribution >= 4 is 39.2 Å². The smallest absolute Gasteiger partial charge is 0.255 e. The predicted molar refractivity (Wildman–Crippen MR) is 137 cm³/mol. The highest BCUT2D eigenvalue weighted by atomic mass is 79.9. The third-order valence-electron chi connectivity index (χ3n) is 8.18. The number of ketones is 2. The minimum absolute atomic E-state index is 0.00790. The number of hydrogen-bond donors (Lipinski definition) is 4. The first-order valence-electron chi connectivity index (χ1n) is 12.4. The number of halogens is 2. The van der Waals surface area contributed by atoms with E-state index in [2.05, 4.69) is 15.9 Å². The molecule has 38 heavy (non-hydrogen) atoms. The van der Waals surface area contributed by atoms with Gasteiger partial charge >= 0.3 is 0 Å². The van der Waals surface area contributed by atoms with Crippen molar-refractivity contribution < 1.29 is 38.8 Å². The van der Waals surface area contributed by atoms with E-state index in [0.717, 1.165) is 0 Å². The number of ether oxygens (including phenoxy) is 1. The standard InChI is InChI=1S/C26H29BrFN3O7/c1-30(2)20-12-8-10-7-11-15(24(35)18(27)13(19(11)28)9-31-3-5-38-6-4-31)21(32)14(10)22(33)16(12)23(34)17(25(20)36)26(29)37/h10,12,16,20,32,35-36H,3-9H2,1-2H3,(H2,29,37)/t10-,12?,16?,20-/m0/s1. The zero-order chi connectivity index (χ0) is 27.6. The number of fused-ring (bicyclic) bond motifs is 3. The predicted octanol–water partition coefficient (Wildman–Crippen LogP) is 1.58. The lowest BCUT2D eigenvalue weighted by atomic mass is 9.59. The Morgan fingerprint density at radius 3 is 2.45 bits per heavy atom. The number of hydrogen-bond acceptors (Lipinski definition) is 9. The number of aliphatic hydroxyl groups excluding tert-OH is 2. The zero-order valence-corrected chi connectivity index (χ0v) is 22.5. The van der Waals surface area contributed by atoms with Crippen LogP contribution in [0.25, 0.3) is 5.76 Å². The number of phenolic OH excluding ortho intramolecular Hbond substituents is 1. The Bertz CT molecular complexity index is 1320. The number of primary amides is 1. The Morgan fingerprint density at radius 2 is 1.84 bits per heavy atom. The molecule has 2 unspecified atom stereocenters. The van der Waals surface area contributed by atoms with Crippen LogP contribution < -0.4 is 5.73 Å². The van der Waals surface area contributed by atoms with E-state index in [1.165, 1.54) is 0 Å². The summed E-state index contributed by atoms with van der Waals surface area (Å²) in [5.41, 5.74) is 4.81. The molecule has 3 aliphatic carbocycles. The third kappa shape index (κ3) is 3.96. The molecule has 1 heterocycles. The molecular formula is C26H29BrFN3O7. The minimum Gasteiger partial charge on any atom is -0.510 e. The second kappa shape index (κ2) is 9.74. The maximum atomic E-state index is 16.0. The minimum atomic E-state index is -1.35. The van der Waals surface area contributed by atoms with Crippen LogP contribution in [0.3, 0.4) is 0 Å². The summed E-state index contributed by atoms with van der Waals surface area (Å²) in [6, 6.07) is -0.853. The second-order valence-electron chi connectivity index (χ2n) is 10.5. The van der Waals surface area contributed by atoms with Gasteiger partial charge in [-0.15, -0.1) is 0 Å². The van der Waals surface area contributed by atoms with Gasteiger partial charge in [0.1, 0.15) is 28.7 Å². The lowest BCUT2D eigenvalue weighted by Gasteiger charge is -2.46. The van der Waals surface area contributed by atoms with Crippen molar-refractivity contribution in [3.8, 4) is 5.75 Å². The molecule has 1 saturated carbocycles. The Balaban J connectivity index is 1.61. The van der Waals surface area contributed by atoms with Crippen molar-refractivity contribution in [2.45, 2.75) is 25.4 Å². The van der Waals surface area contributed by atoms with Crippen LogP contribution in [0.4, 0.5) is 4.39 Å². The third-order valence-corrected chi connectivity index (χ3v) is 9.04. The highest BCUT2D eigenvalue weighted by molar-refractivity contribution is 9.10. The van der Waals surface area contributed by atoms with Crippen LogP contribution in [0.5, 0.6) is 5.75 Å². The summed E-state index contributed by atoms with van der Waals surface area (Å²) in [5.74, 6) is -7.55. The number of amides is 1. The number of benzene rings is 1. The summed E-state index contributed by atoms with van der Waals surface area (Å²) in [6.07, 6.45) is 0.170. The molecule has 10 nitrogen and oxygen atoms in total. The lowest BCUT2D eigenvalue weighted by molar-refractivity contribution is -0.136. The Labute approximate surface area is 226 Å². The van der Waals surface area contributed by atoms with Crippen LogP contribution in [0, 0.1) is 23.6 Å². The number of likely N-dealkylation sites (N-methyl/N-ethyl adjacent to an activating group) is 1. The first-order valence-corrected chi connectivity index (χ1v) is 13.2. The molecule has 0 bridgehead atoms. The Morgan fingerprint density at radius 1 is 1.18 bits per heavy atom. The molecule has 1 aromatic carbocycles. The van der Waals surface area contributed by atoms with Gasteiger partial charge in [-0.3, -0.25) is 24.2 Å². The number of rotatable bonds is 4. The molecule has 0 radical (unpaired) electrons. The van der Waals surface area contributed by atoms with Gasteiger partial charge in [-0.25, -0.2) is 4.39 Å². The van der Waals surface area contributed by atoms with Crippen molar-refractivity contribution in [2.75, 3.05) is 40.4 Å². The van der Waals surface area contributed by atoms with E-state index >= 15 is 4.39 Å². The Hall–Kier alpha value is -2.80. The normalized spacial score (nSPS) is 27.9. The molecule has 0 spiro atoms. The fourth-order valence-electron chi connectivity index (χ4n) is 6.51.